The Bertz CT molecular complexity index is 251. The molecule has 0 fully saturated rings. The molecule has 0 amide bonds. The van der Waals surface area contributed by atoms with E-state index in [0.717, 1.165) is 19.4 Å². The highest BCUT2D eigenvalue weighted by atomic mass is 16.3. The highest BCUT2D eigenvalue weighted by Crippen LogP contribution is 2.02. The van der Waals surface area contributed by atoms with Crippen LogP contribution in [0, 0.1) is 0 Å². The third-order valence-electron chi connectivity index (χ3n) is 2.31. The van der Waals surface area contributed by atoms with Crippen LogP contribution in [0.15, 0.2) is 30.3 Å². The molecule has 1 unspecified atom stereocenters. The molecule has 3 heteroatoms. The number of hydrogen-bond acceptors (Lipinski definition) is 3. The molecule has 0 saturated carbocycles. The van der Waals surface area contributed by atoms with E-state index in [9.17, 15) is 0 Å². The second-order valence-corrected chi connectivity index (χ2v) is 3.60. The van der Waals surface area contributed by atoms with Crippen molar-refractivity contribution in [3.8, 4) is 0 Å². The van der Waals surface area contributed by atoms with Crippen LogP contribution in [0.4, 0.5) is 0 Å². The minimum absolute atomic E-state index is 0.0824. The maximum Gasteiger partial charge on any atom is 0.0587 e. The second kappa shape index (κ2) is 7.40. The second-order valence-electron chi connectivity index (χ2n) is 3.60. The summed E-state index contributed by atoms with van der Waals surface area (Å²) in [5.41, 5.74) is 1.22. The van der Waals surface area contributed by atoms with Gasteiger partial charge in [0.05, 0.1) is 6.61 Å². The quantitative estimate of drug-likeness (QED) is 0.575. The highest BCUT2D eigenvalue weighted by molar-refractivity contribution is 5.15. The molecule has 15 heavy (non-hydrogen) atoms. The van der Waals surface area contributed by atoms with Crippen LogP contribution in [0.3, 0.4) is 0 Å². The van der Waals surface area contributed by atoms with E-state index in [1.807, 2.05) is 18.2 Å². The molecule has 0 bridgehead atoms. The molecule has 0 radical (unpaired) electrons. The van der Waals surface area contributed by atoms with Gasteiger partial charge < -0.3 is 15.5 Å². The maximum absolute atomic E-state index is 9.16. The van der Waals surface area contributed by atoms with E-state index in [2.05, 4.69) is 17.4 Å². The molecule has 0 aliphatic rings. The summed E-state index contributed by atoms with van der Waals surface area (Å²) in [4.78, 5) is 0. The van der Waals surface area contributed by atoms with Crippen LogP contribution in [-0.4, -0.2) is 36.0 Å². The fourth-order valence-electron chi connectivity index (χ4n) is 1.49. The zero-order valence-corrected chi connectivity index (χ0v) is 8.89. The number of rotatable bonds is 7. The number of aliphatic hydroxyl groups excluding tert-OH is 2. The lowest BCUT2D eigenvalue weighted by Gasteiger charge is -2.15. The van der Waals surface area contributed by atoms with Gasteiger partial charge >= 0.3 is 0 Å². The molecular weight excluding hydrogens is 190 g/mol. The summed E-state index contributed by atoms with van der Waals surface area (Å²) >= 11 is 0. The van der Waals surface area contributed by atoms with E-state index in [4.69, 9.17) is 10.2 Å². The summed E-state index contributed by atoms with van der Waals surface area (Å²) in [6.07, 6.45) is 1.55. The van der Waals surface area contributed by atoms with Crippen molar-refractivity contribution in [2.75, 3.05) is 19.8 Å². The maximum atomic E-state index is 9.16. The van der Waals surface area contributed by atoms with Gasteiger partial charge in [-0.15, -0.1) is 0 Å². The molecule has 1 aromatic rings. The van der Waals surface area contributed by atoms with Gasteiger partial charge in [-0.05, 0) is 24.9 Å². The van der Waals surface area contributed by atoms with Gasteiger partial charge in [0, 0.05) is 12.6 Å². The van der Waals surface area contributed by atoms with Crippen LogP contribution in [0.2, 0.25) is 0 Å². The third-order valence-corrected chi connectivity index (χ3v) is 2.31. The Morgan fingerprint density at radius 1 is 1.13 bits per heavy atom. The minimum Gasteiger partial charge on any atom is -0.396 e. The Kier molecular flexibility index (Phi) is 6.00. The largest absolute Gasteiger partial charge is 0.396 e. The first-order valence-corrected chi connectivity index (χ1v) is 5.36. The summed E-state index contributed by atoms with van der Waals surface area (Å²) in [5, 5.41) is 21.0. The van der Waals surface area contributed by atoms with Crippen molar-refractivity contribution in [1.82, 2.24) is 5.32 Å². The average molecular weight is 209 g/mol. The number of nitrogens with one attached hydrogen (secondary N) is 1. The lowest BCUT2D eigenvalue weighted by molar-refractivity contribution is 0.233. The monoisotopic (exact) mass is 209 g/mol. The molecular formula is C12H19NO2. The van der Waals surface area contributed by atoms with E-state index in [-0.39, 0.29) is 19.3 Å². The molecule has 0 spiro atoms. The summed E-state index contributed by atoms with van der Waals surface area (Å²) in [5.74, 6) is 0. The van der Waals surface area contributed by atoms with Crippen molar-refractivity contribution in [1.29, 1.82) is 0 Å². The average Bonchev–Trinajstić information content (AvgIpc) is 2.29. The standard InChI is InChI=1S/C12H19NO2/c14-8-4-7-13-12(10-15)9-11-5-2-1-3-6-11/h1-3,5-6,12-15H,4,7-10H2. The van der Waals surface area contributed by atoms with Gasteiger partial charge in [0.15, 0.2) is 0 Å². The minimum atomic E-state index is 0.0824. The van der Waals surface area contributed by atoms with E-state index in [0.29, 0.717) is 0 Å². The van der Waals surface area contributed by atoms with Crippen LogP contribution >= 0.6 is 0 Å². The Morgan fingerprint density at radius 2 is 1.87 bits per heavy atom. The predicted molar refractivity (Wildman–Crippen MR) is 60.7 cm³/mol. The number of hydrogen-bond donors (Lipinski definition) is 3. The molecule has 0 aromatic heterocycles. The Balaban J connectivity index is 2.33. The fourth-order valence-corrected chi connectivity index (χ4v) is 1.49. The van der Waals surface area contributed by atoms with E-state index < -0.39 is 0 Å². The Labute approximate surface area is 90.8 Å². The molecule has 1 rings (SSSR count). The normalized spacial score (nSPS) is 12.7. The van der Waals surface area contributed by atoms with Crippen molar-refractivity contribution < 1.29 is 10.2 Å². The predicted octanol–water partition coefficient (Wildman–Crippen LogP) is 0.562. The highest BCUT2D eigenvalue weighted by Gasteiger charge is 2.06. The first-order chi connectivity index (χ1) is 7.36. The SMILES string of the molecule is OCCCNC(CO)Cc1ccccc1. The van der Waals surface area contributed by atoms with Crippen LogP contribution in [0.1, 0.15) is 12.0 Å². The number of aliphatic hydroxyl groups is 2. The summed E-state index contributed by atoms with van der Waals surface area (Å²) in [7, 11) is 0. The molecule has 0 aliphatic carbocycles. The molecule has 3 N–H and O–H groups in total. The molecule has 3 nitrogen and oxygen atoms in total. The molecule has 0 saturated heterocycles. The van der Waals surface area contributed by atoms with Crippen molar-refractivity contribution >= 4 is 0 Å². The molecule has 0 heterocycles. The topological polar surface area (TPSA) is 52.5 Å². The lowest BCUT2D eigenvalue weighted by atomic mass is 10.1. The smallest absolute Gasteiger partial charge is 0.0587 e. The van der Waals surface area contributed by atoms with Crippen LogP contribution in [-0.2, 0) is 6.42 Å². The summed E-state index contributed by atoms with van der Waals surface area (Å²) in [6, 6.07) is 10.2. The van der Waals surface area contributed by atoms with Gasteiger partial charge in [-0.25, -0.2) is 0 Å². The Morgan fingerprint density at radius 3 is 2.47 bits per heavy atom. The fraction of sp³-hybridized carbons (Fsp3) is 0.500. The molecule has 0 aliphatic heterocycles. The van der Waals surface area contributed by atoms with Crippen molar-refractivity contribution in [2.45, 2.75) is 18.9 Å². The van der Waals surface area contributed by atoms with Gasteiger partial charge in [-0.2, -0.15) is 0 Å². The molecule has 1 atom stereocenters. The van der Waals surface area contributed by atoms with E-state index >= 15 is 0 Å². The Hall–Kier alpha value is -0.900. The zero-order valence-electron chi connectivity index (χ0n) is 8.89. The first-order valence-electron chi connectivity index (χ1n) is 5.36. The van der Waals surface area contributed by atoms with Gasteiger partial charge in [0.2, 0.25) is 0 Å². The van der Waals surface area contributed by atoms with Gasteiger partial charge in [0.1, 0.15) is 0 Å². The summed E-state index contributed by atoms with van der Waals surface area (Å²) < 4.78 is 0. The van der Waals surface area contributed by atoms with Gasteiger partial charge in [0.25, 0.3) is 0 Å². The first kappa shape index (κ1) is 12.2. The zero-order chi connectivity index (χ0) is 10.9. The lowest BCUT2D eigenvalue weighted by Crippen LogP contribution is -2.35. The van der Waals surface area contributed by atoms with Crippen molar-refractivity contribution in [2.24, 2.45) is 0 Å². The molecule has 1 aromatic carbocycles. The molecule has 84 valence electrons. The van der Waals surface area contributed by atoms with Crippen molar-refractivity contribution in [3.05, 3.63) is 35.9 Å². The van der Waals surface area contributed by atoms with Gasteiger partial charge in [-0.3, -0.25) is 0 Å². The van der Waals surface area contributed by atoms with Crippen molar-refractivity contribution in [3.63, 3.8) is 0 Å². The third kappa shape index (κ3) is 4.93. The number of benzene rings is 1. The van der Waals surface area contributed by atoms with Gasteiger partial charge in [-0.1, -0.05) is 30.3 Å². The van der Waals surface area contributed by atoms with E-state index in [1.165, 1.54) is 5.56 Å². The summed E-state index contributed by atoms with van der Waals surface area (Å²) in [6.45, 7) is 1.06. The van der Waals surface area contributed by atoms with Crippen LogP contribution in [0.25, 0.3) is 0 Å². The van der Waals surface area contributed by atoms with Crippen LogP contribution < -0.4 is 5.32 Å². The van der Waals surface area contributed by atoms with Crippen LogP contribution in [0.5, 0.6) is 0 Å². The van der Waals surface area contributed by atoms with E-state index in [1.54, 1.807) is 0 Å².